The molecule has 0 amide bonds. The van der Waals surface area contributed by atoms with E-state index in [4.69, 9.17) is 5.73 Å². The van der Waals surface area contributed by atoms with Gasteiger partial charge in [-0.2, -0.15) is 0 Å². The lowest BCUT2D eigenvalue weighted by Crippen LogP contribution is -2.35. The standard InChI is InChI=1S/C12H19BrN2/c1-12(2,8-14)9-15-7-10-3-5-11(13)6-4-10/h3-6,15H,7-9,14H2,1-2H3. The van der Waals surface area contributed by atoms with Crippen LogP contribution in [0.15, 0.2) is 28.7 Å². The fourth-order valence-corrected chi connectivity index (χ4v) is 1.48. The SMILES string of the molecule is CC(C)(CN)CNCc1ccc(Br)cc1. The summed E-state index contributed by atoms with van der Waals surface area (Å²) in [7, 11) is 0. The summed E-state index contributed by atoms with van der Waals surface area (Å²) in [6.45, 7) is 6.89. The third-order valence-corrected chi connectivity index (χ3v) is 2.93. The van der Waals surface area contributed by atoms with Crippen molar-refractivity contribution in [2.75, 3.05) is 13.1 Å². The van der Waals surface area contributed by atoms with E-state index < -0.39 is 0 Å². The van der Waals surface area contributed by atoms with Crippen LogP contribution in [0.4, 0.5) is 0 Å². The second-order valence-electron chi connectivity index (χ2n) is 4.60. The van der Waals surface area contributed by atoms with Gasteiger partial charge in [0, 0.05) is 17.6 Å². The van der Waals surface area contributed by atoms with Crippen LogP contribution in [0.5, 0.6) is 0 Å². The number of benzene rings is 1. The van der Waals surface area contributed by atoms with E-state index in [1.165, 1.54) is 5.56 Å². The molecule has 84 valence electrons. The van der Waals surface area contributed by atoms with Crippen molar-refractivity contribution in [2.45, 2.75) is 20.4 Å². The van der Waals surface area contributed by atoms with Gasteiger partial charge in [0.15, 0.2) is 0 Å². The van der Waals surface area contributed by atoms with E-state index in [0.717, 1.165) is 17.6 Å². The Morgan fingerprint density at radius 3 is 2.40 bits per heavy atom. The van der Waals surface area contributed by atoms with E-state index in [2.05, 4.69) is 59.4 Å². The van der Waals surface area contributed by atoms with Crippen molar-refractivity contribution < 1.29 is 0 Å². The molecule has 0 bridgehead atoms. The van der Waals surface area contributed by atoms with Crippen molar-refractivity contribution >= 4 is 15.9 Å². The molecule has 1 rings (SSSR count). The van der Waals surface area contributed by atoms with E-state index in [0.29, 0.717) is 6.54 Å². The largest absolute Gasteiger partial charge is 0.330 e. The predicted molar refractivity (Wildman–Crippen MR) is 68.7 cm³/mol. The quantitative estimate of drug-likeness (QED) is 0.863. The molecule has 0 spiro atoms. The van der Waals surface area contributed by atoms with E-state index in [9.17, 15) is 0 Å². The minimum Gasteiger partial charge on any atom is -0.330 e. The van der Waals surface area contributed by atoms with Gasteiger partial charge < -0.3 is 11.1 Å². The minimum atomic E-state index is 0.176. The lowest BCUT2D eigenvalue weighted by atomic mass is 9.94. The molecule has 0 aliphatic carbocycles. The van der Waals surface area contributed by atoms with Gasteiger partial charge in [-0.3, -0.25) is 0 Å². The summed E-state index contributed by atoms with van der Waals surface area (Å²) in [5.74, 6) is 0. The third kappa shape index (κ3) is 4.78. The van der Waals surface area contributed by atoms with Crippen LogP contribution in [0.1, 0.15) is 19.4 Å². The molecule has 3 N–H and O–H groups in total. The minimum absolute atomic E-state index is 0.176. The molecule has 0 aliphatic rings. The average Bonchev–Trinajstić information content (AvgIpc) is 2.21. The highest BCUT2D eigenvalue weighted by Crippen LogP contribution is 2.12. The van der Waals surface area contributed by atoms with Crippen molar-refractivity contribution in [2.24, 2.45) is 11.1 Å². The van der Waals surface area contributed by atoms with E-state index >= 15 is 0 Å². The zero-order valence-electron chi connectivity index (χ0n) is 9.39. The Morgan fingerprint density at radius 1 is 1.27 bits per heavy atom. The molecule has 0 radical (unpaired) electrons. The van der Waals surface area contributed by atoms with Gasteiger partial charge in [0.1, 0.15) is 0 Å². The molecule has 15 heavy (non-hydrogen) atoms. The molecular formula is C12H19BrN2. The van der Waals surface area contributed by atoms with Gasteiger partial charge in [-0.05, 0) is 29.7 Å². The van der Waals surface area contributed by atoms with E-state index in [1.807, 2.05) is 0 Å². The summed E-state index contributed by atoms with van der Waals surface area (Å²) in [6.07, 6.45) is 0. The Labute approximate surface area is 100 Å². The first-order valence-corrected chi connectivity index (χ1v) is 5.98. The van der Waals surface area contributed by atoms with Gasteiger partial charge >= 0.3 is 0 Å². The summed E-state index contributed by atoms with van der Waals surface area (Å²) >= 11 is 3.42. The fraction of sp³-hybridized carbons (Fsp3) is 0.500. The maximum absolute atomic E-state index is 5.66. The van der Waals surface area contributed by atoms with Gasteiger partial charge in [0.2, 0.25) is 0 Å². The maximum Gasteiger partial charge on any atom is 0.0205 e. The summed E-state index contributed by atoms with van der Waals surface area (Å²) < 4.78 is 1.12. The summed E-state index contributed by atoms with van der Waals surface area (Å²) in [5, 5.41) is 3.42. The first-order valence-electron chi connectivity index (χ1n) is 5.19. The van der Waals surface area contributed by atoms with Gasteiger partial charge in [-0.15, -0.1) is 0 Å². The summed E-state index contributed by atoms with van der Waals surface area (Å²) in [4.78, 5) is 0. The van der Waals surface area contributed by atoms with Crippen molar-refractivity contribution in [1.29, 1.82) is 0 Å². The zero-order chi connectivity index (χ0) is 11.3. The van der Waals surface area contributed by atoms with Crippen LogP contribution in [-0.2, 0) is 6.54 Å². The molecule has 0 saturated heterocycles. The first-order chi connectivity index (χ1) is 7.03. The second kappa shape index (κ2) is 5.64. The van der Waals surface area contributed by atoms with Crippen molar-refractivity contribution in [3.8, 4) is 0 Å². The number of hydrogen-bond acceptors (Lipinski definition) is 2. The highest BCUT2D eigenvalue weighted by atomic mass is 79.9. The molecule has 1 aromatic carbocycles. The number of rotatable bonds is 5. The fourth-order valence-electron chi connectivity index (χ4n) is 1.22. The second-order valence-corrected chi connectivity index (χ2v) is 5.51. The molecule has 3 heteroatoms. The van der Waals surface area contributed by atoms with Gasteiger partial charge in [0.25, 0.3) is 0 Å². The average molecular weight is 271 g/mol. The van der Waals surface area contributed by atoms with Crippen LogP contribution in [-0.4, -0.2) is 13.1 Å². The smallest absolute Gasteiger partial charge is 0.0205 e. The molecular weight excluding hydrogens is 252 g/mol. The Morgan fingerprint density at radius 2 is 1.87 bits per heavy atom. The van der Waals surface area contributed by atoms with Crippen molar-refractivity contribution in [1.82, 2.24) is 5.32 Å². The summed E-state index contributed by atoms with van der Waals surface area (Å²) in [6, 6.07) is 8.36. The van der Waals surface area contributed by atoms with Crippen LogP contribution in [0.25, 0.3) is 0 Å². The zero-order valence-corrected chi connectivity index (χ0v) is 11.0. The molecule has 0 atom stereocenters. The predicted octanol–water partition coefficient (Wildman–Crippen LogP) is 2.52. The molecule has 2 nitrogen and oxygen atoms in total. The number of hydrogen-bond donors (Lipinski definition) is 2. The maximum atomic E-state index is 5.66. The van der Waals surface area contributed by atoms with Crippen molar-refractivity contribution in [3.05, 3.63) is 34.3 Å². The van der Waals surface area contributed by atoms with Gasteiger partial charge in [-0.25, -0.2) is 0 Å². The Hall–Kier alpha value is -0.380. The van der Waals surface area contributed by atoms with Crippen molar-refractivity contribution in [3.63, 3.8) is 0 Å². The number of nitrogens with two attached hydrogens (primary N) is 1. The Balaban J connectivity index is 2.35. The normalized spacial score (nSPS) is 11.7. The Kier molecular flexibility index (Phi) is 4.77. The van der Waals surface area contributed by atoms with Gasteiger partial charge in [-0.1, -0.05) is 41.9 Å². The lowest BCUT2D eigenvalue weighted by Gasteiger charge is -2.22. The van der Waals surface area contributed by atoms with Crippen LogP contribution in [0, 0.1) is 5.41 Å². The highest BCUT2D eigenvalue weighted by Gasteiger charge is 2.14. The van der Waals surface area contributed by atoms with Crippen LogP contribution in [0.2, 0.25) is 0 Å². The summed E-state index contributed by atoms with van der Waals surface area (Å²) in [5.41, 5.74) is 7.13. The van der Waals surface area contributed by atoms with Gasteiger partial charge in [0.05, 0.1) is 0 Å². The molecule has 1 aromatic rings. The Bertz CT molecular complexity index is 293. The molecule has 0 unspecified atom stereocenters. The molecule has 0 fully saturated rings. The van der Waals surface area contributed by atoms with Crippen LogP contribution >= 0.6 is 15.9 Å². The third-order valence-electron chi connectivity index (χ3n) is 2.40. The monoisotopic (exact) mass is 270 g/mol. The van der Waals surface area contributed by atoms with E-state index in [-0.39, 0.29) is 5.41 Å². The highest BCUT2D eigenvalue weighted by molar-refractivity contribution is 9.10. The molecule has 0 aromatic heterocycles. The number of nitrogens with one attached hydrogen (secondary N) is 1. The van der Waals surface area contributed by atoms with Crippen LogP contribution < -0.4 is 11.1 Å². The first kappa shape index (κ1) is 12.7. The lowest BCUT2D eigenvalue weighted by molar-refractivity contribution is 0.351. The topological polar surface area (TPSA) is 38.0 Å². The van der Waals surface area contributed by atoms with Crippen LogP contribution in [0.3, 0.4) is 0 Å². The van der Waals surface area contributed by atoms with E-state index in [1.54, 1.807) is 0 Å². The number of halogens is 1. The molecule has 0 heterocycles. The molecule has 0 aliphatic heterocycles. The molecule has 0 saturated carbocycles.